The minimum absolute atomic E-state index is 0.195. The minimum atomic E-state index is -0.853. The van der Waals surface area contributed by atoms with Crippen LogP contribution in [0.4, 0.5) is 0 Å². The van der Waals surface area contributed by atoms with Crippen LogP contribution in [0.25, 0.3) is 0 Å². The Balaban J connectivity index is 2.49. The molecular formula is C11H14N2O3. The van der Waals surface area contributed by atoms with Gasteiger partial charge in [-0.2, -0.15) is 0 Å². The van der Waals surface area contributed by atoms with Gasteiger partial charge in [-0.3, -0.25) is 9.78 Å². The third kappa shape index (κ3) is 3.34. The number of carbonyl (C=O) groups excluding carboxylic acids is 2. The maximum Gasteiger partial charge on any atom is 0.396 e. The van der Waals surface area contributed by atoms with Crippen molar-refractivity contribution in [2.45, 2.75) is 20.4 Å². The molecule has 0 fully saturated rings. The zero-order valence-corrected chi connectivity index (χ0v) is 9.32. The fraction of sp³-hybridized carbons (Fsp3) is 0.364. The zero-order chi connectivity index (χ0) is 12.0. The number of ether oxygens (including phenoxy) is 1. The first-order valence-electron chi connectivity index (χ1n) is 4.99. The number of nitrogens with one attached hydrogen (secondary N) is 1. The van der Waals surface area contributed by atoms with E-state index in [-0.39, 0.29) is 6.61 Å². The first-order chi connectivity index (χ1) is 7.65. The molecular weight excluding hydrogens is 208 g/mol. The number of hydrogen-bond donors (Lipinski definition) is 1. The average molecular weight is 222 g/mol. The Labute approximate surface area is 93.8 Å². The van der Waals surface area contributed by atoms with Crippen LogP contribution in [0, 0.1) is 6.92 Å². The molecule has 0 aromatic carbocycles. The van der Waals surface area contributed by atoms with E-state index in [9.17, 15) is 9.59 Å². The van der Waals surface area contributed by atoms with E-state index in [2.05, 4.69) is 15.0 Å². The highest BCUT2D eigenvalue weighted by atomic mass is 16.5. The van der Waals surface area contributed by atoms with E-state index in [1.807, 2.05) is 6.92 Å². The molecule has 0 unspecified atom stereocenters. The largest absolute Gasteiger partial charge is 0.459 e. The molecule has 0 saturated heterocycles. The normalized spacial score (nSPS) is 9.62. The number of pyridine rings is 1. The molecule has 0 atom stereocenters. The molecule has 0 saturated carbocycles. The van der Waals surface area contributed by atoms with Crippen LogP contribution in [-0.4, -0.2) is 23.5 Å². The van der Waals surface area contributed by atoms with E-state index in [0.29, 0.717) is 6.54 Å². The molecule has 0 aliphatic carbocycles. The fourth-order valence-electron chi connectivity index (χ4n) is 1.14. The van der Waals surface area contributed by atoms with Gasteiger partial charge in [0.25, 0.3) is 0 Å². The van der Waals surface area contributed by atoms with E-state index in [4.69, 9.17) is 0 Å². The first-order valence-corrected chi connectivity index (χ1v) is 4.99. The minimum Gasteiger partial charge on any atom is -0.459 e. The van der Waals surface area contributed by atoms with Gasteiger partial charge in [-0.15, -0.1) is 0 Å². The van der Waals surface area contributed by atoms with Crippen LogP contribution in [0.15, 0.2) is 18.5 Å². The van der Waals surface area contributed by atoms with Crippen molar-refractivity contribution in [3.05, 3.63) is 29.6 Å². The van der Waals surface area contributed by atoms with Gasteiger partial charge in [0.05, 0.1) is 6.61 Å². The second kappa shape index (κ2) is 5.85. The fourth-order valence-corrected chi connectivity index (χ4v) is 1.14. The number of nitrogens with zero attached hydrogens (tertiary/aromatic N) is 1. The summed E-state index contributed by atoms with van der Waals surface area (Å²) in [6.45, 7) is 4.03. The smallest absolute Gasteiger partial charge is 0.396 e. The molecule has 5 heteroatoms. The SMILES string of the molecule is CCOC(=O)C(=O)NCc1ccncc1C. The van der Waals surface area contributed by atoms with E-state index < -0.39 is 11.9 Å². The Morgan fingerprint density at radius 2 is 2.25 bits per heavy atom. The monoisotopic (exact) mass is 222 g/mol. The summed E-state index contributed by atoms with van der Waals surface area (Å²) >= 11 is 0. The van der Waals surface area contributed by atoms with E-state index in [1.165, 1.54) is 0 Å². The third-order valence-electron chi connectivity index (χ3n) is 2.04. The van der Waals surface area contributed by atoms with Gasteiger partial charge in [0.15, 0.2) is 0 Å². The van der Waals surface area contributed by atoms with Crippen LogP contribution in [-0.2, 0) is 20.9 Å². The highest BCUT2D eigenvalue weighted by molar-refractivity contribution is 6.32. The standard InChI is InChI=1S/C11H14N2O3/c1-3-16-11(15)10(14)13-7-9-4-5-12-6-8(9)2/h4-6H,3,7H2,1-2H3,(H,13,14). The van der Waals surface area contributed by atoms with E-state index in [0.717, 1.165) is 11.1 Å². The Kier molecular flexibility index (Phi) is 4.44. The molecule has 16 heavy (non-hydrogen) atoms. The highest BCUT2D eigenvalue weighted by Crippen LogP contribution is 2.03. The lowest BCUT2D eigenvalue weighted by Crippen LogP contribution is -2.32. The van der Waals surface area contributed by atoms with Gasteiger partial charge in [-0.25, -0.2) is 4.79 Å². The van der Waals surface area contributed by atoms with E-state index in [1.54, 1.807) is 25.4 Å². The van der Waals surface area contributed by atoms with Crippen molar-refractivity contribution in [1.29, 1.82) is 0 Å². The Morgan fingerprint density at radius 3 is 2.88 bits per heavy atom. The molecule has 5 nitrogen and oxygen atoms in total. The topological polar surface area (TPSA) is 68.3 Å². The quantitative estimate of drug-likeness (QED) is 0.599. The number of aromatic nitrogens is 1. The van der Waals surface area contributed by atoms with Crippen molar-refractivity contribution in [3.63, 3.8) is 0 Å². The Hall–Kier alpha value is -1.91. The molecule has 0 aliphatic rings. The average Bonchev–Trinajstić information content (AvgIpc) is 2.28. The van der Waals surface area contributed by atoms with Gasteiger partial charge in [0.1, 0.15) is 0 Å². The van der Waals surface area contributed by atoms with Crippen LogP contribution in [0.5, 0.6) is 0 Å². The van der Waals surface area contributed by atoms with Crippen LogP contribution < -0.4 is 5.32 Å². The molecule has 0 bridgehead atoms. The lowest BCUT2D eigenvalue weighted by atomic mass is 10.1. The van der Waals surface area contributed by atoms with Crippen molar-refractivity contribution < 1.29 is 14.3 Å². The number of hydrogen-bond acceptors (Lipinski definition) is 4. The molecule has 1 rings (SSSR count). The second-order valence-electron chi connectivity index (χ2n) is 3.21. The van der Waals surface area contributed by atoms with Crippen LogP contribution >= 0.6 is 0 Å². The molecule has 0 aliphatic heterocycles. The first kappa shape index (κ1) is 12.2. The van der Waals surface area contributed by atoms with Gasteiger partial charge in [0, 0.05) is 18.9 Å². The van der Waals surface area contributed by atoms with Crippen molar-refractivity contribution in [2.24, 2.45) is 0 Å². The lowest BCUT2D eigenvalue weighted by molar-refractivity contribution is -0.154. The molecule has 86 valence electrons. The van der Waals surface area contributed by atoms with E-state index >= 15 is 0 Å². The number of aryl methyl sites for hydroxylation is 1. The molecule has 1 aromatic rings. The molecule has 1 N–H and O–H groups in total. The predicted octanol–water partition coefficient (Wildman–Crippen LogP) is 0.569. The van der Waals surface area contributed by atoms with Crippen molar-refractivity contribution in [1.82, 2.24) is 10.3 Å². The van der Waals surface area contributed by atoms with Crippen LogP contribution in [0.3, 0.4) is 0 Å². The predicted molar refractivity (Wildman–Crippen MR) is 57.5 cm³/mol. The molecule has 0 spiro atoms. The Bertz CT molecular complexity index is 391. The summed E-state index contributed by atoms with van der Waals surface area (Å²) in [6, 6.07) is 1.79. The summed E-state index contributed by atoms with van der Waals surface area (Å²) in [5, 5.41) is 2.48. The van der Waals surface area contributed by atoms with Crippen molar-refractivity contribution >= 4 is 11.9 Å². The van der Waals surface area contributed by atoms with Crippen LogP contribution in [0.2, 0.25) is 0 Å². The number of amides is 1. The Morgan fingerprint density at radius 1 is 1.50 bits per heavy atom. The maximum absolute atomic E-state index is 11.2. The summed E-state index contributed by atoms with van der Waals surface area (Å²) in [6.07, 6.45) is 3.34. The van der Waals surface area contributed by atoms with Gasteiger partial charge < -0.3 is 10.1 Å². The number of rotatable bonds is 3. The van der Waals surface area contributed by atoms with Crippen LogP contribution in [0.1, 0.15) is 18.1 Å². The molecule has 1 heterocycles. The third-order valence-corrected chi connectivity index (χ3v) is 2.04. The van der Waals surface area contributed by atoms with Gasteiger partial charge >= 0.3 is 11.9 Å². The highest BCUT2D eigenvalue weighted by Gasteiger charge is 2.13. The summed E-state index contributed by atoms with van der Waals surface area (Å²) in [5.41, 5.74) is 1.89. The molecule has 0 radical (unpaired) electrons. The molecule has 1 aromatic heterocycles. The van der Waals surface area contributed by atoms with Crippen molar-refractivity contribution in [3.8, 4) is 0 Å². The summed E-state index contributed by atoms with van der Waals surface area (Å²) in [7, 11) is 0. The number of esters is 1. The van der Waals surface area contributed by atoms with Gasteiger partial charge in [-0.1, -0.05) is 0 Å². The van der Waals surface area contributed by atoms with Gasteiger partial charge in [-0.05, 0) is 31.0 Å². The van der Waals surface area contributed by atoms with Crippen molar-refractivity contribution in [2.75, 3.05) is 6.61 Å². The summed E-state index contributed by atoms with van der Waals surface area (Å²) < 4.78 is 4.56. The molecule has 1 amide bonds. The summed E-state index contributed by atoms with van der Waals surface area (Å²) in [5.74, 6) is -1.58. The van der Waals surface area contributed by atoms with Gasteiger partial charge in [0.2, 0.25) is 0 Å². The maximum atomic E-state index is 11.2. The summed E-state index contributed by atoms with van der Waals surface area (Å²) in [4.78, 5) is 26.2. The lowest BCUT2D eigenvalue weighted by Gasteiger charge is -2.06. The second-order valence-corrected chi connectivity index (χ2v) is 3.21. The zero-order valence-electron chi connectivity index (χ0n) is 9.32. The number of carbonyl (C=O) groups is 2.